The summed E-state index contributed by atoms with van der Waals surface area (Å²) < 4.78 is 5.97. The molecule has 2 N–H and O–H groups in total. The summed E-state index contributed by atoms with van der Waals surface area (Å²) in [5.41, 5.74) is 5.61. The number of amides is 1. The SMILES string of the molecule is Cc1ccc(C(=O)NC(=S)Nc2ccc3oc(-c4ccc5ccccc5c4)nc3c2)c(C)c1. The van der Waals surface area contributed by atoms with E-state index in [0.717, 1.165) is 22.1 Å². The third-order valence-electron chi connectivity index (χ3n) is 5.50. The minimum Gasteiger partial charge on any atom is -0.436 e. The monoisotopic (exact) mass is 451 g/mol. The first kappa shape index (κ1) is 20.8. The average Bonchev–Trinajstić information content (AvgIpc) is 3.22. The normalized spacial score (nSPS) is 11.0. The first-order valence-corrected chi connectivity index (χ1v) is 11.0. The summed E-state index contributed by atoms with van der Waals surface area (Å²) >= 11 is 5.34. The molecule has 0 spiro atoms. The minimum absolute atomic E-state index is 0.220. The van der Waals surface area contributed by atoms with Crippen molar-refractivity contribution in [1.29, 1.82) is 0 Å². The Morgan fingerprint density at radius 2 is 1.73 bits per heavy atom. The number of aromatic nitrogens is 1. The number of nitrogens with zero attached hydrogens (tertiary/aromatic N) is 1. The van der Waals surface area contributed by atoms with Crippen molar-refractivity contribution in [2.45, 2.75) is 13.8 Å². The molecule has 162 valence electrons. The molecule has 0 radical (unpaired) electrons. The van der Waals surface area contributed by atoms with Crippen molar-refractivity contribution < 1.29 is 9.21 Å². The zero-order valence-electron chi connectivity index (χ0n) is 18.2. The fourth-order valence-corrected chi connectivity index (χ4v) is 4.06. The van der Waals surface area contributed by atoms with Crippen LogP contribution in [0.5, 0.6) is 0 Å². The first-order chi connectivity index (χ1) is 16.0. The maximum Gasteiger partial charge on any atom is 0.257 e. The molecule has 0 aliphatic rings. The van der Waals surface area contributed by atoms with Gasteiger partial charge in [-0.3, -0.25) is 10.1 Å². The smallest absolute Gasteiger partial charge is 0.257 e. The number of hydrogen-bond donors (Lipinski definition) is 2. The van der Waals surface area contributed by atoms with Gasteiger partial charge >= 0.3 is 0 Å². The second kappa shape index (κ2) is 8.48. The molecule has 1 aromatic heterocycles. The van der Waals surface area contributed by atoms with E-state index in [2.05, 4.69) is 39.9 Å². The minimum atomic E-state index is -0.244. The Labute approximate surface area is 196 Å². The number of aryl methyl sites for hydroxylation is 2. The number of carbonyl (C=O) groups is 1. The summed E-state index contributed by atoms with van der Waals surface area (Å²) in [6, 6.07) is 25.5. The molecule has 0 fully saturated rings. The van der Waals surface area contributed by atoms with Gasteiger partial charge in [-0.25, -0.2) is 4.98 Å². The van der Waals surface area contributed by atoms with Gasteiger partial charge in [0.05, 0.1) is 0 Å². The third kappa shape index (κ3) is 4.33. The van der Waals surface area contributed by atoms with Gasteiger partial charge in [0.15, 0.2) is 10.7 Å². The first-order valence-electron chi connectivity index (χ1n) is 10.6. The lowest BCUT2D eigenvalue weighted by Crippen LogP contribution is -2.34. The molecule has 1 amide bonds. The Kier molecular flexibility index (Phi) is 5.36. The van der Waals surface area contributed by atoms with Gasteiger partial charge < -0.3 is 9.73 Å². The Balaban J connectivity index is 1.34. The quantitative estimate of drug-likeness (QED) is 0.311. The molecule has 4 aromatic carbocycles. The fraction of sp³-hybridized carbons (Fsp3) is 0.0741. The van der Waals surface area contributed by atoms with Gasteiger partial charge in [0, 0.05) is 16.8 Å². The highest BCUT2D eigenvalue weighted by Crippen LogP contribution is 2.28. The number of rotatable bonds is 3. The number of fused-ring (bicyclic) bond motifs is 2. The number of hydrogen-bond acceptors (Lipinski definition) is 4. The van der Waals surface area contributed by atoms with Crippen LogP contribution in [0.3, 0.4) is 0 Å². The van der Waals surface area contributed by atoms with E-state index >= 15 is 0 Å². The van der Waals surface area contributed by atoms with Crippen molar-refractivity contribution in [3.8, 4) is 11.5 Å². The van der Waals surface area contributed by atoms with Crippen LogP contribution in [0.2, 0.25) is 0 Å². The summed E-state index contributed by atoms with van der Waals surface area (Å²) in [5, 5.41) is 8.31. The molecule has 0 aliphatic carbocycles. The van der Waals surface area contributed by atoms with Crippen LogP contribution in [0.25, 0.3) is 33.3 Å². The molecular weight excluding hydrogens is 430 g/mol. The Morgan fingerprint density at radius 1 is 0.909 bits per heavy atom. The molecule has 0 atom stereocenters. The molecule has 0 bridgehead atoms. The lowest BCUT2D eigenvalue weighted by atomic mass is 10.1. The maximum absolute atomic E-state index is 12.6. The van der Waals surface area contributed by atoms with Gasteiger partial charge in [0.25, 0.3) is 5.91 Å². The molecule has 0 unspecified atom stereocenters. The molecule has 5 aromatic rings. The number of carbonyl (C=O) groups excluding carboxylic acids is 1. The molecule has 5 nitrogen and oxygen atoms in total. The molecule has 33 heavy (non-hydrogen) atoms. The zero-order chi connectivity index (χ0) is 22.9. The highest BCUT2D eigenvalue weighted by molar-refractivity contribution is 7.80. The van der Waals surface area contributed by atoms with Crippen LogP contribution in [0.15, 0.2) is 83.3 Å². The van der Waals surface area contributed by atoms with Crippen LogP contribution in [0.1, 0.15) is 21.5 Å². The summed E-state index contributed by atoms with van der Waals surface area (Å²) in [6.07, 6.45) is 0. The van der Waals surface area contributed by atoms with Gasteiger partial charge in [-0.2, -0.15) is 0 Å². The summed E-state index contributed by atoms with van der Waals surface area (Å²) in [7, 11) is 0. The van der Waals surface area contributed by atoms with Gasteiger partial charge in [-0.15, -0.1) is 0 Å². The standard InChI is InChI=1S/C27H21N3O2S/c1-16-7-11-22(17(2)13-16)25(31)30-27(33)28-21-10-12-24-23(15-21)29-26(32-24)20-9-8-18-5-3-4-6-19(18)14-20/h3-15H,1-2H3,(H2,28,30,31,33). The number of oxazole rings is 1. The molecule has 6 heteroatoms. The zero-order valence-corrected chi connectivity index (χ0v) is 19.0. The molecular formula is C27H21N3O2S. The lowest BCUT2D eigenvalue weighted by molar-refractivity contribution is 0.0977. The molecule has 0 saturated carbocycles. The third-order valence-corrected chi connectivity index (χ3v) is 5.70. The lowest BCUT2D eigenvalue weighted by Gasteiger charge is -2.11. The summed E-state index contributed by atoms with van der Waals surface area (Å²) in [6.45, 7) is 3.90. The van der Waals surface area contributed by atoms with Crippen molar-refractivity contribution >= 4 is 50.8 Å². The van der Waals surface area contributed by atoms with E-state index in [1.807, 2.05) is 62.4 Å². The van der Waals surface area contributed by atoms with E-state index in [1.165, 1.54) is 5.39 Å². The molecule has 5 rings (SSSR count). The van der Waals surface area contributed by atoms with Crippen LogP contribution in [-0.2, 0) is 0 Å². The average molecular weight is 452 g/mol. The second-order valence-corrected chi connectivity index (χ2v) is 8.40. The van der Waals surface area contributed by atoms with Crippen LogP contribution in [-0.4, -0.2) is 16.0 Å². The number of nitrogens with one attached hydrogen (secondary N) is 2. The van der Waals surface area contributed by atoms with Crippen molar-refractivity contribution in [2.24, 2.45) is 0 Å². The highest BCUT2D eigenvalue weighted by atomic mass is 32.1. The van der Waals surface area contributed by atoms with Gasteiger partial charge in [0.1, 0.15) is 5.52 Å². The second-order valence-electron chi connectivity index (χ2n) is 7.99. The maximum atomic E-state index is 12.6. The Hall–Kier alpha value is -4.03. The van der Waals surface area contributed by atoms with E-state index < -0.39 is 0 Å². The number of anilines is 1. The Morgan fingerprint density at radius 3 is 2.55 bits per heavy atom. The van der Waals surface area contributed by atoms with Crippen molar-refractivity contribution in [3.05, 3.63) is 95.6 Å². The molecule has 1 heterocycles. The van der Waals surface area contributed by atoms with Crippen molar-refractivity contribution in [2.75, 3.05) is 5.32 Å². The largest absolute Gasteiger partial charge is 0.436 e. The highest BCUT2D eigenvalue weighted by Gasteiger charge is 2.13. The van der Waals surface area contributed by atoms with Crippen molar-refractivity contribution in [1.82, 2.24) is 10.3 Å². The topological polar surface area (TPSA) is 67.2 Å². The summed E-state index contributed by atoms with van der Waals surface area (Å²) in [5.74, 6) is 0.310. The van der Waals surface area contributed by atoms with Crippen LogP contribution >= 0.6 is 12.2 Å². The van der Waals surface area contributed by atoms with E-state index in [1.54, 1.807) is 6.07 Å². The van der Waals surface area contributed by atoms with Gasteiger partial charge in [0.2, 0.25) is 5.89 Å². The Bertz CT molecular complexity index is 1540. The van der Waals surface area contributed by atoms with Crippen LogP contribution < -0.4 is 10.6 Å². The molecule has 0 aliphatic heterocycles. The predicted octanol–water partition coefficient (Wildman–Crippen LogP) is 6.39. The van der Waals surface area contributed by atoms with E-state index in [-0.39, 0.29) is 11.0 Å². The number of thiocarbonyl (C=S) groups is 1. The molecule has 0 saturated heterocycles. The predicted molar refractivity (Wildman–Crippen MR) is 137 cm³/mol. The fourth-order valence-electron chi connectivity index (χ4n) is 3.85. The van der Waals surface area contributed by atoms with E-state index in [9.17, 15) is 4.79 Å². The van der Waals surface area contributed by atoms with Gasteiger partial charge in [-0.05, 0) is 78.8 Å². The summed E-state index contributed by atoms with van der Waals surface area (Å²) in [4.78, 5) is 17.2. The van der Waals surface area contributed by atoms with Crippen LogP contribution in [0.4, 0.5) is 5.69 Å². The number of benzene rings is 4. The van der Waals surface area contributed by atoms with Gasteiger partial charge in [-0.1, -0.05) is 48.0 Å². The van der Waals surface area contributed by atoms with Crippen molar-refractivity contribution in [3.63, 3.8) is 0 Å². The van der Waals surface area contributed by atoms with E-state index in [0.29, 0.717) is 28.2 Å². The van der Waals surface area contributed by atoms with E-state index in [4.69, 9.17) is 16.6 Å². The van der Waals surface area contributed by atoms with Crippen LogP contribution in [0, 0.1) is 13.8 Å².